The number of fused-ring (bicyclic) bond motifs is 1. The maximum Gasteiger partial charge on any atom is 0.232 e. The Hall–Kier alpha value is -0.393. The number of rotatable bonds is 5. The van der Waals surface area contributed by atoms with Crippen LogP contribution in [0.1, 0.15) is 13.3 Å². The van der Waals surface area contributed by atoms with Crippen molar-refractivity contribution in [1.82, 2.24) is 4.90 Å². The third-order valence-corrected chi connectivity index (χ3v) is 6.36. The molecule has 0 saturated carbocycles. The molecule has 2 aliphatic rings. The summed E-state index contributed by atoms with van der Waals surface area (Å²) in [6.45, 7) is 12.2. The molecule has 0 bridgehead atoms. The normalized spacial score (nSPS) is 30.6. The van der Waals surface area contributed by atoms with Crippen molar-refractivity contribution in [2.24, 2.45) is 5.92 Å². The lowest BCUT2D eigenvalue weighted by Gasteiger charge is -2.47. The second-order valence-electron chi connectivity index (χ2n) is 6.22. The minimum atomic E-state index is -1.64. The van der Waals surface area contributed by atoms with E-state index in [-0.39, 0.29) is 29.3 Å². The second-order valence-corrected chi connectivity index (χ2v) is 12.0. The molecule has 0 spiro atoms. The summed E-state index contributed by atoms with van der Waals surface area (Å²) in [6, 6.07) is 0.0443. The molecular weight excluding hydrogens is 306 g/mol. The monoisotopic (exact) mass is 327 g/mol. The Morgan fingerprint density at radius 1 is 1.60 bits per heavy atom. The van der Waals surface area contributed by atoms with E-state index in [1.165, 1.54) is 0 Å². The first-order chi connectivity index (χ1) is 9.30. The molecule has 0 N–H and O–H groups in total. The summed E-state index contributed by atoms with van der Waals surface area (Å²) in [5.41, 5.74) is 0. The number of amides is 1. The van der Waals surface area contributed by atoms with E-state index in [1.807, 2.05) is 17.9 Å². The van der Waals surface area contributed by atoms with Crippen LogP contribution in [0.4, 0.5) is 0 Å². The largest absolute Gasteiger partial charge is 0.414 e. The van der Waals surface area contributed by atoms with Crippen molar-refractivity contribution in [3.8, 4) is 0 Å². The van der Waals surface area contributed by atoms with E-state index in [9.17, 15) is 4.79 Å². The molecule has 1 amide bonds. The summed E-state index contributed by atoms with van der Waals surface area (Å²) in [4.78, 5) is 15.4. The van der Waals surface area contributed by atoms with Gasteiger partial charge in [-0.2, -0.15) is 0 Å². The van der Waals surface area contributed by atoms with Crippen LogP contribution in [0.3, 0.4) is 0 Å². The maximum absolute atomic E-state index is 12.5. The quantitative estimate of drug-likeness (QED) is 0.336. The third kappa shape index (κ3) is 2.80. The highest BCUT2D eigenvalue weighted by molar-refractivity contribution is 8.05. The summed E-state index contributed by atoms with van der Waals surface area (Å²) in [7, 11) is -1.64. The van der Waals surface area contributed by atoms with Gasteiger partial charge in [0.2, 0.25) is 5.91 Å². The lowest BCUT2D eigenvalue weighted by molar-refractivity contribution is -0.157. The van der Waals surface area contributed by atoms with Crippen LogP contribution in [0, 0.1) is 5.92 Å². The molecule has 4 atom stereocenters. The van der Waals surface area contributed by atoms with Crippen LogP contribution in [-0.2, 0) is 9.22 Å². The molecule has 110 valence electrons. The van der Waals surface area contributed by atoms with Crippen molar-refractivity contribution >= 4 is 43.2 Å². The Morgan fingerprint density at radius 3 is 2.75 bits per heavy atom. The Labute approximate surface area is 131 Å². The Kier molecular flexibility index (Phi) is 4.62. The molecule has 6 heteroatoms. The average molecular weight is 328 g/mol. The number of thiocarbonyl (C=S) groups is 1. The smallest absolute Gasteiger partial charge is 0.232 e. The van der Waals surface area contributed by atoms with Crippen LogP contribution in [0.15, 0.2) is 17.6 Å². The third-order valence-electron chi connectivity index (χ3n) is 3.54. The molecule has 3 nitrogen and oxygen atoms in total. The minimum absolute atomic E-state index is 0.0308. The zero-order valence-electron chi connectivity index (χ0n) is 12.4. The SMILES string of the molecule is C=CCC1C(=C=S)S[C@@H]2C(C(C)O[Si](C)(C)C)C(=O)N12. The van der Waals surface area contributed by atoms with Crippen LogP contribution in [-0.4, -0.2) is 41.7 Å². The minimum Gasteiger partial charge on any atom is -0.414 e. The van der Waals surface area contributed by atoms with Crippen LogP contribution in [0.25, 0.3) is 0 Å². The fraction of sp³-hybridized carbons (Fsp3) is 0.643. The van der Waals surface area contributed by atoms with E-state index >= 15 is 0 Å². The number of hydrogen-bond donors (Lipinski definition) is 0. The second kappa shape index (κ2) is 5.77. The highest BCUT2D eigenvalue weighted by Gasteiger charge is 2.58. The molecule has 2 saturated heterocycles. The fourth-order valence-corrected chi connectivity index (χ4v) is 5.91. The van der Waals surface area contributed by atoms with E-state index in [0.717, 1.165) is 11.3 Å². The van der Waals surface area contributed by atoms with Crippen molar-refractivity contribution in [3.63, 3.8) is 0 Å². The molecular formula is C14H21NO2S2Si. The number of carbonyl (C=O) groups is 1. The first-order valence-electron chi connectivity index (χ1n) is 6.82. The van der Waals surface area contributed by atoms with Crippen LogP contribution in [0.5, 0.6) is 0 Å². The van der Waals surface area contributed by atoms with Crippen molar-refractivity contribution in [2.45, 2.75) is 50.5 Å². The number of β-lactam (4-membered cyclic amide) rings is 1. The highest BCUT2D eigenvalue weighted by Crippen LogP contribution is 2.51. The van der Waals surface area contributed by atoms with Gasteiger partial charge in [0.25, 0.3) is 0 Å². The summed E-state index contributed by atoms with van der Waals surface area (Å²) in [5.74, 6) is 0.125. The van der Waals surface area contributed by atoms with Gasteiger partial charge < -0.3 is 9.33 Å². The standard InChI is InChI=1S/C14H21NO2S2Si/c1-6-7-10-11(8-18)19-14-12(13(16)15(10)14)9(2)17-20(3,4)5/h6,9-10,12,14H,1,7H2,2-5H3/t9?,10?,12?,14-/m1/s1. The summed E-state index contributed by atoms with van der Waals surface area (Å²) in [6.07, 6.45) is 2.55. The molecule has 0 aromatic rings. The van der Waals surface area contributed by atoms with Crippen LogP contribution in [0.2, 0.25) is 19.6 Å². The molecule has 20 heavy (non-hydrogen) atoms. The maximum atomic E-state index is 12.5. The topological polar surface area (TPSA) is 29.5 Å². The van der Waals surface area contributed by atoms with Gasteiger partial charge in [0.1, 0.15) is 0 Å². The number of nitrogens with zero attached hydrogens (tertiary/aromatic N) is 1. The van der Waals surface area contributed by atoms with Gasteiger partial charge in [0.15, 0.2) is 8.32 Å². The van der Waals surface area contributed by atoms with Crippen molar-refractivity contribution in [3.05, 3.63) is 17.6 Å². The van der Waals surface area contributed by atoms with Gasteiger partial charge in [-0.3, -0.25) is 4.79 Å². The summed E-state index contributed by atoms with van der Waals surface area (Å²) in [5, 5.41) is 2.97. The van der Waals surface area contributed by atoms with Crippen molar-refractivity contribution in [2.75, 3.05) is 0 Å². The van der Waals surface area contributed by atoms with Crippen molar-refractivity contribution < 1.29 is 9.22 Å². The van der Waals surface area contributed by atoms with Gasteiger partial charge in [0.05, 0.1) is 28.3 Å². The predicted molar refractivity (Wildman–Crippen MR) is 90.3 cm³/mol. The van der Waals surface area contributed by atoms with E-state index in [4.69, 9.17) is 16.6 Å². The summed E-state index contributed by atoms with van der Waals surface area (Å²) < 4.78 is 6.09. The molecule has 0 aromatic carbocycles. The van der Waals surface area contributed by atoms with Crippen molar-refractivity contribution in [1.29, 1.82) is 0 Å². The van der Waals surface area contributed by atoms with E-state index in [1.54, 1.807) is 11.8 Å². The van der Waals surface area contributed by atoms with Gasteiger partial charge >= 0.3 is 0 Å². The predicted octanol–water partition coefficient (Wildman–Crippen LogP) is 3.18. The van der Waals surface area contributed by atoms with Gasteiger partial charge in [-0.05, 0) is 50.2 Å². The fourth-order valence-electron chi connectivity index (χ4n) is 2.84. The molecule has 3 unspecified atom stereocenters. The molecule has 2 heterocycles. The summed E-state index contributed by atoms with van der Waals surface area (Å²) >= 11 is 6.63. The van der Waals surface area contributed by atoms with Crippen LogP contribution < -0.4 is 0 Å². The molecule has 0 aromatic heterocycles. The van der Waals surface area contributed by atoms with Gasteiger partial charge in [-0.25, -0.2) is 0 Å². The van der Waals surface area contributed by atoms with E-state index in [0.29, 0.717) is 0 Å². The Morgan fingerprint density at radius 2 is 2.25 bits per heavy atom. The molecule has 0 aliphatic carbocycles. The lowest BCUT2D eigenvalue weighted by atomic mass is 9.90. The molecule has 2 fully saturated rings. The zero-order valence-corrected chi connectivity index (χ0v) is 15.0. The number of carbonyl (C=O) groups excluding carboxylic acids is 1. The van der Waals surface area contributed by atoms with Gasteiger partial charge in [0, 0.05) is 0 Å². The van der Waals surface area contributed by atoms with E-state index in [2.05, 4.69) is 31.2 Å². The Balaban J connectivity index is 2.14. The van der Waals surface area contributed by atoms with Gasteiger partial charge in [-0.15, -0.1) is 6.58 Å². The highest BCUT2D eigenvalue weighted by atomic mass is 32.2. The Bertz CT molecular complexity index is 482. The number of hydrogen-bond acceptors (Lipinski definition) is 4. The zero-order chi connectivity index (χ0) is 15.1. The van der Waals surface area contributed by atoms with E-state index < -0.39 is 8.32 Å². The molecule has 2 rings (SSSR count). The lowest BCUT2D eigenvalue weighted by Crippen LogP contribution is -2.63. The number of thioether (sulfide) groups is 1. The average Bonchev–Trinajstić information content (AvgIpc) is 2.61. The van der Waals surface area contributed by atoms with Gasteiger partial charge in [-0.1, -0.05) is 17.8 Å². The molecule has 0 radical (unpaired) electrons. The van der Waals surface area contributed by atoms with Crippen LogP contribution >= 0.6 is 24.0 Å². The molecule has 2 aliphatic heterocycles. The first-order valence-corrected chi connectivity index (χ1v) is 11.5. The first kappa shape index (κ1) is 16.0.